The van der Waals surface area contributed by atoms with Crippen molar-refractivity contribution < 1.29 is 23.8 Å². The molecule has 4 aromatic rings. The molecule has 0 radical (unpaired) electrons. The molecule has 2 atom stereocenters. The number of nitrogens with one attached hydrogen (secondary N) is 1. The Bertz CT molecular complexity index is 1210. The second-order valence-corrected chi connectivity index (χ2v) is 8.85. The summed E-state index contributed by atoms with van der Waals surface area (Å²) < 4.78 is 25.6. The number of benzene rings is 3. The van der Waals surface area contributed by atoms with Gasteiger partial charge in [-0.25, -0.2) is 14.2 Å². The second-order valence-electron chi connectivity index (χ2n) is 7.79. The molecule has 0 amide bonds. The van der Waals surface area contributed by atoms with Crippen molar-refractivity contribution in [2.45, 2.75) is 32.0 Å². The number of halogens is 1. The summed E-state index contributed by atoms with van der Waals surface area (Å²) >= 11 is 1.63. The van der Waals surface area contributed by atoms with E-state index in [1.807, 2.05) is 42.5 Å². The monoisotopic (exact) mass is 480 g/mol. The third-order valence-electron chi connectivity index (χ3n) is 5.21. The van der Waals surface area contributed by atoms with E-state index in [1.54, 1.807) is 29.5 Å². The third-order valence-corrected chi connectivity index (χ3v) is 6.36. The number of para-hydroxylation sites is 1. The van der Waals surface area contributed by atoms with Crippen LogP contribution in [0.3, 0.4) is 0 Å². The van der Waals surface area contributed by atoms with E-state index in [9.17, 15) is 9.18 Å². The van der Waals surface area contributed by atoms with Crippen molar-refractivity contribution in [2.75, 3.05) is 6.61 Å². The SMILES string of the molecule is CC(Oc1cccc(CNC(CCOc2ccc(F)cc2)c2nc3ccccc3s2)c1)C(=O)O. The molecule has 0 aliphatic heterocycles. The summed E-state index contributed by atoms with van der Waals surface area (Å²) in [6, 6.07) is 21.3. The first kappa shape index (κ1) is 23.7. The summed E-state index contributed by atoms with van der Waals surface area (Å²) in [4.78, 5) is 15.9. The minimum Gasteiger partial charge on any atom is -0.494 e. The van der Waals surface area contributed by atoms with E-state index in [1.165, 1.54) is 19.1 Å². The normalized spacial score (nSPS) is 12.9. The first-order chi connectivity index (χ1) is 16.5. The number of hydrogen-bond donors (Lipinski definition) is 2. The molecule has 0 saturated heterocycles. The number of carboxylic acids is 1. The lowest BCUT2D eigenvalue weighted by Gasteiger charge is -2.18. The molecule has 4 rings (SSSR count). The van der Waals surface area contributed by atoms with Gasteiger partial charge < -0.3 is 19.9 Å². The van der Waals surface area contributed by atoms with E-state index in [0.717, 1.165) is 20.8 Å². The third kappa shape index (κ3) is 6.30. The number of thiazole rings is 1. The van der Waals surface area contributed by atoms with Gasteiger partial charge in [0.05, 0.1) is 22.9 Å². The molecule has 1 aromatic heterocycles. The minimum atomic E-state index is -1.01. The largest absolute Gasteiger partial charge is 0.494 e. The van der Waals surface area contributed by atoms with Crippen molar-refractivity contribution in [2.24, 2.45) is 0 Å². The molecule has 8 heteroatoms. The molecular formula is C26H25FN2O4S. The number of carboxylic acid groups (broad SMARTS) is 1. The lowest BCUT2D eigenvalue weighted by atomic mass is 10.1. The molecule has 0 fully saturated rings. The highest BCUT2D eigenvalue weighted by Crippen LogP contribution is 2.29. The number of aromatic nitrogens is 1. The van der Waals surface area contributed by atoms with Gasteiger partial charge in [-0.05, 0) is 61.0 Å². The zero-order valence-corrected chi connectivity index (χ0v) is 19.4. The lowest BCUT2D eigenvalue weighted by Crippen LogP contribution is -2.24. The number of ether oxygens (including phenoxy) is 2. The number of hydrogen-bond acceptors (Lipinski definition) is 6. The molecule has 3 aromatic carbocycles. The standard InChI is InChI=1S/C26H25FN2O4S/c1-17(26(30)31)33-21-6-4-5-18(15-21)16-28-23(13-14-32-20-11-9-19(27)10-12-20)25-29-22-7-2-3-8-24(22)34-25/h2-12,15,17,23,28H,13-14,16H2,1H3,(H,30,31). The van der Waals surface area contributed by atoms with Gasteiger partial charge in [0.1, 0.15) is 22.3 Å². The van der Waals surface area contributed by atoms with E-state index in [2.05, 4.69) is 5.32 Å². The van der Waals surface area contributed by atoms with Gasteiger partial charge in [0, 0.05) is 13.0 Å². The summed E-state index contributed by atoms with van der Waals surface area (Å²) in [5.74, 6) is -0.196. The first-order valence-corrected chi connectivity index (χ1v) is 11.8. The maximum Gasteiger partial charge on any atom is 0.344 e. The van der Waals surface area contributed by atoms with Crippen LogP contribution < -0.4 is 14.8 Å². The van der Waals surface area contributed by atoms with Crippen LogP contribution in [0.4, 0.5) is 4.39 Å². The van der Waals surface area contributed by atoms with Gasteiger partial charge in [-0.1, -0.05) is 24.3 Å². The molecule has 2 N–H and O–H groups in total. The quantitative estimate of drug-likeness (QED) is 0.291. The van der Waals surface area contributed by atoms with Gasteiger partial charge in [-0.2, -0.15) is 0 Å². The van der Waals surface area contributed by atoms with Crippen molar-refractivity contribution in [1.29, 1.82) is 0 Å². The fourth-order valence-corrected chi connectivity index (χ4v) is 4.48. The molecule has 0 aliphatic carbocycles. The Balaban J connectivity index is 1.45. The van der Waals surface area contributed by atoms with Crippen LogP contribution >= 0.6 is 11.3 Å². The predicted molar refractivity (Wildman–Crippen MR) is 130 cm³/mol. The number of rotatable bonds is 11. The summed E-state index contributed by atoms with van der Waals surface area (Å²) in [5, 5.41) is 13.6. The molecule has 1 heterocycles. The summed E-state index contributed by atoms with van der Waals surface area (Å²) in [7, 11) is 0. The van der Waals surface area contributed by atoms with Crippen LogP contribution in [-0.4, -0.2) is 28.8 Å². The average Bonchev–Trinajstić information content (AvgIpc) is 3.27. The first-order valence-electron chi connectivity index (χ1n) is 10.9. The number of carbonyl (C=O) groups is 1. The Hall–Kier alpha value is -3.49. The van der Waals surface area contributed by atoms with Crippen LogP contribution in [0.5, 0.6) is 11.5 Å². The van der Waals surface area contributed by atoms with Crippen molar-refractivity contribution >= 4 is 27.5 Å². The molecule has 6 nitrogen and oxygen atoms in total. The number of aliphatic carboxylic acids is 1. The van der Waals surface area contributed by atoms with Crippen molar-refractivity contribution in [1.82, 2.24) is 10.3 Å². The van der Waals surface area contributed by atoms with Crippen LogP contribution in [0.2, 0.25) is 0 Å². The van der Waals surface area contributed by atoms with Crippen LogP contribution in [0.25, 0.3) is 10.2 Å². The number of nitrogens with zero attached hydrogens (tertiary/aromatic N) is 1. The summed E-state index contributed by atoms with van der Waals surface area (Å²) in [6.07, 6.45) is -0.272. The Morgan fingerprint density at radius 3 is 2.65 bits per heavy atom. The average molecular weight is 481 g/mol. The highest BCUT2D eigenvalue weighted by atomic mass is 32.1. The van der Waals surface area contributed by atoms with Gasteiger partial charge in [-0.3, -0.25) is 0 Å². The summed E-state index contributed by atoms with van der Waals surface area (Å²) in [6.45, 7) is 2.46. The molecule has 0 saturated carbocycles. The molecule has 34 heavy (non-hydrogen) atoms. The highest BCUT2D eigenvalue weighted by molar-refractivity contribution is 7.18. The van der Waals surface area contributed by atoms with Crippen molar-refractivity contribution in [3.8, 4) is 11.5 Å². The molecule has 0 spiro atoms. The molecule has 176 valence electrons. The Labute approximate surface area is 201 Å². The van der Waals surface area contributed by atoms with E-state index < -0.39 is 12.1 Å². The van der Waals surface area contributed by atoms with E-state index in [0.29, 0.717) is 31.1 Å². The lowest BCUT2D eigenvalue weighted by molar-refractivity contribution is -0.144. The van der Waals surface area contributed by atoms with Gasteiger partial charge in [-0.15, -0.1) is 11.3 Å². The van der Waals surface area contributed by atoms with E-state index >= 15 is 0 Å². The van der Waals surface area contributed by atoms with Gasteiger partial charge in [0.2, 0.25) is 0 Å². The van der Waals surface area contributed by atoms with Gasteiger partial charge >= 0.3 is 5.97 Å². The fourth-order valence-electron chi connectivity index (χ4n) is 3.40. The summed E-state index contributed by atoms with van der Waals surface area (Å²) in [5.41, 5.74) is 1.91. The zero-order chi connectivity index (χ0) is 23.9. The molecular weight excluding hydrogens is 455 g/mol. The smallest absolute Gasteiger partial charge is 0.344 e. The van der Waals surface area contributed by atoms with Crippen LogP contribution in [0, 0.1) is 5.82 Å². The van der Waals surface area contributed by atoms with Gasteiger partial charge in [0.15, 0.2) is 6.10 Å². The Morgan fingerprint density at radius 2 is 1.88 bits per heavy atom. The van der Waals surface area contributed by atoms with Gasteiger partial charge in [0.25, 0.3) is 0 Å². The highest BCUT2D eigenvalue weighted by Gasteiger charge is 2.17. The zero-order valence-electron chi connectivity index (χ0n) is 18.6. The Morgan fingerprint density at radius 1 is 1.09 bits per heavy atom. The fraction of sp³-hybridized carbons (Fsp3) is 0.231. The predicted octanol–water partition coefficient (Wildman–Crippen LogP) is 5.59. The molecule has 2 unspecified atom stereocenters. The van der Waals surface area contributed by atoms with E-state index in [-0.39, 0.29) is 11.9 Å². The maximum atomic E-state index is 13.1. The Kier molecular flexibility index (Phi) is 7.72. The van der Waals surface area contributed by atoms with Crippen molar-refractivity contribution in [3.63, 3.8) is 0 Å². The maximum absolute atomic E-state index is 13.1. The van der Waals surface area contributed by atoms with E-state index in [4.69, 9.17) is 19.6 Å². The van der Waals surface area contributed by atoms with Crippen LogP contribution in [0.1, 0.15) is 30.0 Å². The molecule has 0 bridgehead atoms. The van der Waals surface area contributed by atoms with Crippen molar-refractivity contribution in [3.05, 3.63) is 89.2 Å². The van der Waals surface area contributed by atoms with Crippen LogP contribution in [0.15, 0.2) is 72.8 Å². The topological polar surface area (TPSA) is 80.7 Å². The minimum absolute atomic E-state index is 0.0691. The second kappa shape index (κ2) is 11.1. The number of fused-ring (bicyclic) bond motifs is 1. The van der Waals surface area contributed by atoms with Crippen LogP contribution in [-0.2, 0) is 11.3 Å². The molecule has 0 aliphatic rings.